The van der Waals surface area contributed by atoms with Crippen molar-refractivity contribution in [2.24, 2.45) is 0 Å². The van der Waals surface area contributed by atoms with E-state index in [1.165, 1.54) is 11.9 Å². The van der Waals surface area contributed by atoms with Crippen LogP contribution >= 0.6 is 0 Å². The van der Waals surface area contributed by atoms with Crippen LogP contribution < -0.4 is 0 Å². The molecule has 1 amide bonds. The number of hydrogen-bond acceptors (Lipinski definition) is 5. The van der Waals surface area contributed by atoms with Gasteiger partial charge in [0.25, 0.3) is 5.91 Å². The number of carboxylic acid groups (broad SMARTS) is 1. The van der Waals surface area contributed by atoms with Gasteiger partial charge in [0.15, 0.2) is 6.10 Å². The molecular formula is C11H17NO6. The molecule has 0 aliphatic carbocycles. The van der Waals surface area contributed by atoms with E-state index in [0.29, 0.717) is 12.8 Å². The van der Waals surface area contributed by atoms with Crippen molar-refractivity contribution in [2.75, 3.05) is 20.2 Å². The lowest BCUT2D eigenvalue weighted by Crippen LogP contribution is -2.40. The molecule has 2 atom stereocenters. The molecular weight excluding hydrogens is 242 g/mol. The summed E-state index contributed by atoms with van der Waals surface area (Å²) in [5, 5.41) is 8.74. The van der Waals surface area contributed by atoms with Gasteiger partial charge in [-0.05, 0) is 19.8 Å². The SMILES string of the molecule is CCOC(=O)CN(C)C(=O)[C@@H]1CC[C@H](C(=O)O)O1. The third-order valence-electron chi connectivity index (χ3n) is 2.62. The van der Waals surface area contributed by atoms with Crippen LogP contribution in [0.1, 0.15) is 19.8 Å². The van der Waals surface area contributed by atoms with Gasteiger partial charge in [0.2, 0.25) is 0 Å². The molecule has 1 heterocycles. The summed E-state index contributed by atoms with van der Waals surface area (Å²) >= 11 is 0. The van der Waals surface area contributed by atoms with Crippen LogP contribution in [0, 0.1) is 0 Å². The van der Waals surface area contributed by atoms with E-state index in [9.17, 15) is 14.4 Å². The fraction of sp³-hybridized carbons (Fsp3) is 0.727. The number of rotatable bonds is 5. The molecule has 1 aliphatic rings. The maximum absolute atomic E-state index is 11.9. The Morgan fingerprint density at radius 1 is 1.33 bits per heavy atom. The molecule has 0 radical (unpaired) electrons. The van der Waals surface area contributed by atoms with Gasteiger partial charge in [-0.1, -0.05) is 0 Å². The standard InChI is InChI=1S/C11H17NO6/c1-3-17-9(13)6-12(2)10(14)7-4-5-8(18-7)11(15)16/h7-8H,3-6H2,1-2H3,(H,15,16)/t7-,8+/m0/s1. The highest BCUT2D eigenvalue weighted by Crippen LogP contribution is 2.21. The molecule has 0 spiro atoms. The van der Waals surface area contributed by atoms with E-state index in [2.05, 4.69) is 0 Å². The molecule has 18 heavy (non-hydrogen) atoms. The molecule has 0 aromatic carbocycles. The first-order valence-electron chi connectivity index (χ1n) is 5.74. The van der Waals surface area contributed by atoms with Crippen LogP contribution in [0.2, 0.25) is 0 Å². The van der Waals surface area contributed by atoms with E-state index in [1.807, 2.05) is 0 Å². The molecule has 7 nitrogen and oxygen atoms in total. The first-order chi connectivity index (χ1) is 8.45. The number of carbonyl (C=O) groups excluding carboxylic acids is 2. The van der Waals surface area contributed by atoms with Gasteiger partial charge in [0.05, 0.1) is 6.61 Å². The average molecular weight is 259 g/mol. The predicted molar refractivity (Wildman–Crippen MR) is 59.8 cm³/mol. The Morgan fingerprint density at radius 3 is 2.44 bits per heavy atom. The van der Waals surface area contributed by atoms with Gasteiger partial charge < -0.3 is 19.5 Å². The second-order valence-electron chi connectivity index (χ2n) is 4.03. The van der Waals surface area contributed by atoms with Gasteiger partial charge in [-0.3, -0.25) is 9.59 Å². The molecule has 1 fully saturated rings. The van der Waals surface area contributed by atoms with Crippen LogP contribution in [0.15, 0.2) is 0 Å². The molecule has 0 unspecified atom stereocenters. The monoisotopic (exact) mass is 259 g/mol. The van der Waals surface area contributed by atoms with Crippen LogP contribution in [-0.4, -0.2) is 60.3 Å². The average Bonchev–Trinajstić information content (AvgIpc) is 2.77. The van der Waals surface area contributed by atoms with Gasteiger partial charge in [-0.15, -0.1) is 0 Å². The maximum atomic E-state index is 11.9. The Balaban J connectivity index is 2.45. The van der Waals surface area contributed by atoms with Gasteiger partial charge in [-0.2, -0.15) is 0 Å². The van der Waals surface area contributed by atoms with Crippen molar-refractivity contribution in [1.29, 1.82) is 0 Å². The first-order valence-corrected chi connectivity index (χ1v) is 5.74. The lowest BCUT2D eigenvalue weighted by molar-refractivity contribution is -0.157. The van der Waals surface area contributed by atoms with Crippen LogP contribution in [0.4, 0.5) is 0 Å². The number of esters is 1. The molecule has 1 N–H and O–H groups in total. The number of carboxylic acids is 1. The number of aliphatic carboxylic acids is 1. The Labute approximate surface area is 105 Å². The van der Waals surface area contributed by atoms with Crippen molar-refractivity contribution in [3.63, 3.8) is 0 Å². The lowest BCUT2D eigenvalue weighted by Gasteiger charge is -2.19. The summed E-state index contributed by atoms with van der Waals surface area (Å²) in [5.74, 6) is -1.97. The topological polar surface area (TPSA) is 93.1 Å². The van der Waals surface area contributed by atoms with Gasteiger partial charge in [-0.25, -0.2) is 4.79 Å². The fourth-order valence-corrected chi connectivity index (χ4v) is 1.72. The second-order valence-corrected chi connectivity index (χ2v) is 4.03. The minimum absolute atomic E-state index is 0.162. The molecule has 1 aliphatic heterocycles. The van der Waals surface area contributed by atoms with Crippen molar-refractivity contribution >= 4 is 17.8 Å². The molecule has 0 bridgehead atoms. The van der Waals surface area contributed by atoms with Crippen LogP contribution in [0.3, 0.4) is 0 Å². The highest BCUT2D eigenvalue weighted by Gasteiger charge is 2.36. The van der Waals surface area contributed by atoms with E-state index in [-0.39, 0.29) is 13.2 Å². The zero-order valence-corrected chi connectivity index (χ0v) is 10.4. The third kappa shape index (κ3) is 3.69. The van der Waals surface area contributed by atoms with Crippen molar-refractivity contribution in [3.05, 3.63) is 0 Å². The van der Waals surface area contributed by atoms with Gasteiger partial charge in [0, 0.05) is 7.05 Å². The summed E-state index contributed by atoms with van der Waals surface area (Å²) in [7, 11) is 1.46. The third-order valence-corrected chi connectivity index (χ3v) is 2.62. The van der Waals surface area contributed by atoms with E-state index >= 15 is 0 Å². The molecule has 0 aromatic rings. The van der Waals surface area contributed by atoms with Crippen molar-refractivity contribution in [3.8, 4) is 0 Å². The molecule has 102 valence electrons. The smallest absolute Gasteiger partial charge is 0.332 e. The minimum atomic E-state index is -1.07. The molecule has 7 heteroatoms. The van der Waals surface area contributed by atoms with E-state index in [4.69, 9.17) is 14.6 Å². The number of nitrogens with zero attached hydrogens (tertiary/aromatic N) is 1. The van der Waals surface area contributed by atoms with E-state index in [0.717, 1.165) is 0 Å². The normalized spacial score (nSPS) is 22.6. The molecule has 1 rings (SSSR count). The van der Waals surface area contributed by atoms with E-state index in [1.54, 1.807) is 6.92 Å². The zero-order chi connectivity index (χ0) is 13.7. The summed E-state index contributed by atoms with van der Waals surface area (Å²) < 4.78 is 9.82. The highest BCUT2D eigenvalue weighted by atomic mass is 16.5. The number of ether oxygens (including phenoxy) is 2. The molecule has 0 saturated carbocycles. The Morgan fingerprint density at radius 2 is 1.94 bits per heavy atom. The van der Waals surface area contributed by atoms with Gasteiger partial charge in [0.1, 0.15) is 12.6 Å². The largest absolute Gasteiger partial charge is 0.479 e. The van der Waals surface area contributed by atoms with Crippen LogP contribution in [0.5, 0.6) is 0 Å². The second kappa shape index (κ2) is 6.34. The van der Waals surface area contributed by atoms with Crippen molar-refractivity contribution < 1.29 is 29.0 Å². The number of carbonyl (C=O) groups is 3. The van der Waals surface area contributed by atoms with Gasteiger partial charge >= 0.3 is 11.9 Å². The predicted octanol–water partition coefficient (Wildman–Crippen LogP) is -0.360. The zero-order valence-electron chi connectivity index (χ0n) is 10.4. The summed E-state index contributed by atoms with van der Waals surface area (Å²) in [6.45, 7) is 1.77. The first kappa shape index (κ1) is 14.4. The van der Waals surface area contributed by atoms with Crippen LogP contribution in [-0.2, 0) is 23.9 Å². The quantitative estimate of drug-likeness (QED) is 0.678. The lowest BCUT2D eigenvalue weighted by atomic mass is 10.2. The number of hydrogen-bond donors (Lipinski definition) is 1. The van der Waals surface area contributed by atoms with Crippen LogP contribution in [0.25, 0.3) is 0 Å². The van der Waals surface area contributed by atoms with Crippen molar-refractivity contribution in [1.82, 2.24) is 4.90 Å². The highest BCUT2D eigenvalue weighted by molar-refractivity contribution is 5.85. The summed E-state index contributed by atoms with van der Waals surface area (Å²) in [6.07, 6.45) is -1.07. The maximum Gasteiger partial charge on any atom is 0.332 e. The molecule has 0 aromatic heterocycles. The Kier molecular flexibility index (Phi) is 5.08. The summed E-state index contributed by atoms with van der Waals surface area (Å²) in [6, 6.07) is 0. The summed E-state index contributed by atoms with van der Waals surface area (Å²) in [4.78, 5) is 34.9. The minimum Gasteiger partial charge on any atom is -0.479 e. The number of amides is 1. The van der Waals surface area contributed by atoms with E-state index < -0.39 is 30.1 Å². The number of likely N-dealkylation sites (N-methyl/N-ethyl adjacent to an activating group) is 1. The molecule has 1 saturated heterocycles. The van der Waals surface area contributed by atoms with Crippen molar-refractivity contribution in [2.45, 2.75) is 32.0 Å². The Hall–Kier alpha value is -1.63. The summed E-state index contributed by atoms with van der Waals surface area (Å²) in [5.41, 5.74) is 0. The Bertz CT molecular complexity index is 342. The fourth-order valence-electron chi connectivity index (χ4n) is 1.72.